The molecule has 7 heteroatoms. The van der Waals surface area contributed by atoms with Gasteiger partial charge < -0.3 is 4.74 Å². The van der Waals surface area contributed by atoms with Crippen molar-refractivity contribution in [1.82, 2.24) is 0 Å². The van der Waals surface area contributed by atoms with Crippen LogP contribution in [0.2, 0.25) is 5.02 Å². The second-order valence-corrected chi connectivity index (χ2v) is 5.53. The Morgan fingerprint density at radius 1 is 1.33 bits per heavy atom. The third-order valence-electron chi connectivity index (χ3n) is 2.75. The molecule has 0 saturated carbocycles. The zero-order chi connectivity index (χ0) is 15.6. The van der Waals surface area contributed by atoms with E-state index in [-0.39, 0.29) is 27.8 Å². The van der Waals surface area contributed by atoms with Crippen molar-refractivity contribution in [1.29, 1.82) is 0 Å². The van der Waals surface area contributed by atoms with Gasteiger partial charge in [-0.25, -0.2) is 0 Å². The summed E-state index contributed by atoms with van der Waals surface area (Å²) in [5.41, 5.74) is 0.561. The number of para-hydroxylation sites is 1. The molecule has 0 fully saturated rings. The SMILES string of the molecule is Cc1cc(Br)cc([N+](=O)[O-])c1Oc1c(Cl)cccc1C=O. The molecule has 2 aromatic rings. The molecule has 0 aliphatic heterocycles. The average Bonchev–Trinajstić information content (AvgIpc) is 2.42. The van der Waals surface area contributed by atoms with Gasteiger partial charge >= 0.3 is 5.69 Å². The highest BCUT2D eigenvalue weighted by molar-refractivity contribution is 9.10. The first-order valence-corrected chi connectivity index (χ1v) is 6.97. The van der Waals surface area contributed by atoms with Crippen LogP contribution in [0.3, 0.4) is 0 Å². The van der Waals surface area contributed by atoms with E-state index in [1.165, 1.54) is 12.1 Å². The molecule has 0 aromatic heterocycles. The first kappa shape index (κ1) is 15.5. The van der Waals surface area contributed by atoms with Gasteiger partial charge in [-0.3, -0.25) is 14.9 Å². The Morgan fingerprint density at radius 3 is 2.67 bits per heavy atom. The quantitative estimate of drug-likeness (QED) is 0.435. The molecule has 2 aromatic carbocycles. The lowest BCUT2D eigenvalue weighted by Crippen LogP contribution is -1.98. The summed E-state index contributed by atoms with van der Waals surface area (Å²) in [5.74, 6) is 0.155. The van der Waals surface area contributed by atoms with Crippen molar-refractivity contribution in [3.05, 3.63) is 61.1 Å². The van der Waals surface area contributed by atoms with E-state index >= 15 is 0 Å². The molecule has 108 valence electrons. The Labute approximate surface area is 133 Å². The minimum absolute atomic E-state index is 0.0550. The fraction of sp³-hybridized carbons (Fsp3) is 0.0714. The number of aryl methyl sites for hydroxylation is 1. The zero-order valence-corrected chi connectivity index (χ0v) is 13.1. The molecule has 0 N–H and O–H groups in total. The van der Waals surface area contributed by atoms with Crippen LogP contribution in [0, 0.1) is 17.0 Å². The lowest BCUT2D eigenvalue weighted by Gasteiger charge is -2.12. The molecular formula is C14H9BrClNO4. The number of nitro groups is 1. The smallest absolute Gasteiger partial charge is 0.312 e. The van der Waals surface area contributed by atoms with Crippen molar-refractivity contribution in [3.8, 4) is 11.5 Å². The predicted molar refractivity (Wildman–Crippen MR) is 82.4 cm³/mol. The molecule has 0 saturated heterocycles. The second-order valence-electron chi connectivity index (χ2n) is 4.21. The fourth-order valence-corrected chi connectivity index (χ4v) is 2.59. The summed E-state index contributed by atoms with van der Waals surface area (Å²) in [6, 6.07) is 7.68. The normalized spacial score (nSPS) is 10.2. The van der Waals surface area contributed by atoms with E-state index in [1.807, 2.05) is 0 Å². The molecule has 0 spiro atoms. The number of carbonyl (C=O) groups excluding carboxylic acids is 1. The molecule has 5 nitrogen and oxygen atoms in total. The topological polar surface area (TPSA) is 69.4 Å². The summed E-state index contributed by atoms with van der Waals surface area (Å²) in [4.78, 5) is 21.7. The first-order chi connectivity index (χ1) is 9.93. The number of nitro benzene ring substituents is 1. The van der Waals surface area contributed by atoms with Gasteiger partial charge in [0, 0.05) is 10.5 Å². The maximum Gasteiger partial charge on any atom is 0.312 e. The van der Waals surface area contributed by atoms with Gasteiger partial charge in [-0.15, -0.1) is 0 Å². The summed E-state index contributed by atoms with van der Waals surface area (Å²) < 4.78 is 6.15. The molecule has 0 heterocycles. The van der Waals surface area contributed by atoms with E-state index < -0.39 is 4.92 Å². The first-order valence-electron chi connectivity index (χ1n) is 5.80. The number of aldehydes is 1. The van der Waals surface area contributed by atoms with E-state index in [2.05, 4.69) is 15.9 Å². The number of carbonyl (C=O) groups is 1. The summed E-state index contributed by atoms with van der Waals surface area (Å²) >= 11 is 9.21. The minimum Gasteiger partial charge on any atom is -0.448 e. The van der Waals surface area contributed by atoms with Crippen LogP contribution in [0.1, 0.15) is 15.9 Å². The highest BCUT2D eigenvalue weighted by atomic mass is 79.9. The van der Waals surface area contributed by atoms with Gasteiger partial charge in [-0.2, -0.15) is 0 Å². The number of hydrogen-bond donors (Lipinski definition) is 0. The van der Waals surface area contributed by atoms with E-state index in [4.69, 9.17) is 16.3 Å². The second kappa shape index (κ2) is 6.24. The van der Waals surface area contributed by atoms with Gasteiger partial charge in [-0.1, -0.05) is 33.6 Å². The lowest BCUT2D eigenvalue weighted by molar-refractivity contribution is -0.385. The summed E-state index contributed by atoms with van der Waals surface area (Å²) in [5, 5.41) is 11.4. The van der Waals surface area contributed by atoms with Crippen molar-refractivity contribution in [3.63, 3.8) is 0 Å². The van der Waals surface area contributed by atoms with E-state index in [0.717, 1.165) is 0 Å². The third-order valence-corrected chi connectivity index (χ3v) is 3.50. The van der Waals surface area contributed by atoms with Gasteiger partial charge in [0.05, 0.1) is 15.5 Å². The highest BCUT2D eigenvalue weighted by Crippen LogP contribution is 2.40. The molecule has 0 bridgehead atoms. The average molecular weight is 371 g/mol. The minimum atomic E-state index is -0.551. The van der Waals surface area contributed by atoms with Crippen LogP contribution >= 0.6 is 27.5 Å². The van der Waals surface area contributed by atoms with Gasteiger partial charge in [0.25, 0.3) is 0 Å². The van der Waals surface area contributed by atoms with Crippen LogP contribution < -0.4 is 4.74 Å². The van der Waals surface area contributed by atoms with Gasteiger partial charge in [0.15, 0.2) is 12.0 Å². The Balaban J connectivity index is 2.60. The standard InChI is InChI=1S/C14H9BrClNO4/c1-8-5-10(15)6-12(17(19)20)13(8)21-14-9(7-18)3-2-4-11(14)16/h2-7H,1H3. The van der Waals surface area contributed by atoms with Crippen LogP contribution in [0.5, 0.6) is 11.5 Å². The number of rotatable bonds is 4. The largest absolute Gasteiger partial charge is 0.448 e. The summed E-state index contributed by atoms with van der Waals surface area (Å²) in [6.45, 7) is 1.67. The van der Waals surface area contributed by atoms with Crippen molar-refractivity contribution < 1.29 is 14.5 Å². The van der Waals surface area contributed by atoms with Crippen molar-refractivity contribution >= 4 is 39.5 Å². The van der Waals surface area contributed by atoms with Crippen LogP contribution in [0.4, 0.5) is 5.69 Å². The van der Waals surface area contributed by atoms with Gasteiger partial charge in [-0.05, 0) is 30.7 Å². The van der Waals surface area contributed by atoms with Crippen LogP contribution in [-0.2, 0) is 0 Å². The monoisotopic (exact) mass is 369 g/mol. The molecular weight excluding hydrogens is 362 g/mol. The van der Waals surface area contributed by atoms with E-state index in [0.29, 0.717) is 16.3 Å². The van der Waals surface area contributed by atoms with Crippen molar-refractivity contribution in [2.75, 3.05) is 0 Å². The molecule has 0 unspecified atom stereocenters. The molecule has 21 heavy (non-hydrogen) atoms. The van der Waals surface area contributed by atoms with Gasteiger partial charge in [0.2, 0.25) is 5.75 Å². The highest BCUT2D eigenvalue weighted by Gasteiger charge is 2.21. The maximum atomic E-state index is 11.2. The Morgan fingerprint density at radius 2 is 2.05 bits per heavy atom. The van der Waals surface area contributed by atoms with E-state index in [1.54, 1.807) is 25.1 Å². The molecule has 0 atom stereocenters. The van der Waals surface area contributed by atoms with Crippen molar-refractivity contribution in [2.45, 2.75) is 6.92 Å². The van der Waals surface area contributed by atoms with Gasteiger partial charge in [0.1, 0.15) is 0 Å². The third kappa shape index (κ3) is 3.22. The lowest BCUT2D eigenvalue weighted by atomic mass is 10.2. The predicted octanol–water partition coefficient (Wildman–Crippen LogP) is 4.92. The maximum absolute atomic E-state index is 11.2. The number of halogens is 2. The Hall–Kier alpha value is -1.92. The molecule has 0 radical (unpaired) electrons. The number of hydrogen-bond acceptors (Lipinski definition) is 4. The molecule has 2 rings (SSSR count). The summed E-state index contributed by atoms with van der Waals surface area (Å²) in [7, 11) is 0. The number of benzene rings is 2. The Kier molecular flexibility index (Phi) is 4.59. The van der Waals surface area contributed by atoms with Crippen LogP contribution in [0.15, 0.2) is 34.8 Å². The number of ether oxygens (including phenoxy) is 1. The van der Waals surface area contributed by atoms with Crippen LogP contribution in [-0.4, -0.2) is 11.2 Å². The van der Waals surface area contributed by atoms with Crippen molar-refractivity contribution in [2.24, 2.45) is 0 Å². The van der Waals surface area contributed by atoms with E-state index in [9.17, 15) is 14.9 Å². The molecule has 0 aliphatic carbocycles. The Bertz CT molecular complexity index is 733. The molecule has 0 aliphatic rings. The summed E-state index contributed by atoms with van der Waals surface area (Å²) in [6.07, 6.45) is 0.585. The fourth-order valence-electron chi connectivity index (χ4n) is 1.81. The molecule has 0 amide bonds. The zero-order valence-electron chi connectivity index (χ0n) is 10.8. The van der Waals surface area contributed by atoms with Crippen LogP contribution in [0.25, 0.3) is 0 Å². The number of nitrogens with zero attached hydrogens (tertiary/aromatic N) is 1.